The summed E-state index contributed by atoms with van der Waals surface area (Å²) in [6.07, 6.45) is -2.19. The molecular formula is C18H17F5N4O3S. The maximum atomic E-state index is 13.8. The fraction of sp³-hybridized carbons (Fsp3) is 0.278. The van der Waals surface area contributed by atoms with E-state index in [2.05, 4.69) is 20.6 Å². The third-order valence-electron chi connectivity index (χ3n) is 3.71. The molecule has 0 aliphatic carbocycles. The summed E-state index contributed by atoms with van der Waals surface area (Å²) in [5.41, 5.74) is -0.618. The molecule has 0 bridgehead atoms. The molecule has 0 unspecified atom stereocenters. The number of sulfone groups is 1. The summed E-state index contributed by atoms with van der Waals surface area (Å²) in [4.78, 5) is 18.9. The van der Waals surface area contributed by atoms with Crippen LogP contribution in [0.4, 0.5) is 27.8 Å². The van der Waals surface area contributed by atoms with Crippen LogP contribution in [0.15, 0.2) is 35.9 Å². The first-order valence-electron chi connectivity index (χ1n) is 8.57. The van der Waals surface area contributed by atoms with E-state index in [1.807, 2.05) is 0 Å². The van der Waals surface area contributed by atoms with Gasteiger partial charge in [0.1, 0.15) is 23.0 Å². The molecule has 2 rings (SSSR count). The van der Waals surface area contributed by atoms with Crippen LogP contribution in [0.5, 0.6) is 0 Å². The lowest BCUT2D eigenvalue weighted by Gasteiger charge is -2.15. The van der Waals surface area contributed by atoms with Crippen molar-refractivity contribution in [1.82, 2.24) is 15.3 Å². The number of nitrogens with one attached hydrogen (secondary N) is 2. The second-order valence-corrected chi connectivity index (χ2v) is 8.39. The second-order valence-electron chi connectivity index (χ2n) is 6.46. The van der Waals surface area contributed by atoms with Crippen molar-refractivity contribution in [3.05, 3.63) is 64.5 Å². The van der Waals surface area contributed by atoms with Gasteiger partial charge in [-0.3, -0.25) is 4.79 Å². The van der Waals surface area contributed by atoms with Crippen molar-refractivity contribution >= 4 is 21.6 Å². The molecule has 0 saturated heterocycles. The van der Waals surface area contributed by atoms with Crippen LogP contribution in [0.25, 0.3) is 0 Å². The second kappa shape index (κ2) is 9.37. The van der Waals surface area contributed by atoms with Crippen LogP contribution in [0.2, 0.25) is 0 Å². The van der Waals surface area contributed by atoms with Crippen molar-refractivity contribution in [2.75, 3.05) is 11.6 Å². The number of nitrogens with zero attached hydrogens (tertiary/aromatic N) is 2. The first-order chi connectivity index (χ1) is 14.3. The summed E-state index contributed by atoms with van der Waals surface area (Å²) < 4.78 is 88.3. The number of aromatic nitrogens is 2. The van der Waals surface area contributed by atoms with E-state index in [1.165, 1.54) is 6.92 Å². The largest absolute Gasteiger partial charge is 0.451 e. The monoisotopic (exact) mass is 464 g/mol. The average Bonchev–Trinajstić information content (AvgIpc) is 2.65. The molecule has 1 aromatic heterocycles. The Morgan fingerprint density at radius 2 is 1.94 bits per heavy atom. The number of halogens is 5. The van der Waals surface area contributed by atoms with Gasteiger partial charge < -0.3 is 10.6 Å². The van der Waals surface area contributed by atoms with Crippen molar-refractivity contribution in [1.29, 1.82) is 0 Å². The Labute approximate surface area is 174 Å². The number of carbonyl (C=O) groups excluding carboxylic acids is 1. The molecule has 2 aromatic rings. The number of hydrogen-bond acceptors (Lipinski definition) is 6. The van der Waals surface area contributed by atoms with E-state index in [4.69, 9.17) is 0 Å². The molecule has 0 aliphatic heterocycles. The highest BCUT2D eigenvalue weighted by atomic mass is 32.2. The van der Waals surface area contributed by atoms with Gasteiger partial charge in [-0.15, -0.1) is 0 Å². The molecule has 0 radical (unpaired) electrons. The van der Waals surface area contributed by atoms with Crippen molar-refractivity contribution in [3.8, 4) is 0 Å². The number of anilines is 1. The third-order valence-corrected chi connectivity index (χ3v) is 4.37. The van der Waals surface area contributed by atoms with E-state index in [0.717, 1.165) is 35.9 Å². The fourth-order valence-corrected chi connectivity index (χ4v) is 2.79. The molecule has 1 amide bonds. The Balaban J connectivity index is 2.32. The molecule has 7 nitrogen and oxygen atoms in total. The number of carbonyl (C=O) groups is 1. The summed E-state index contributed by atoms with van der Waals surface area (Å²) in [7, 11) is -3.46. The Hall–Kier alpha value is -3.09. The summed E-state index contributed by atoms with van der Waals surface area (Å²) >= 11 is 0. The van der Waals surface area contributed by atoms with E-state index >= 15 is 0 Å². The molecule has 1 heterocycles. The summed E-state index contributed by atoms with van der Waals surface area (Å²) in [6.45, 7) is 0.960. The molecule has 2 N–H and O–H groups in total. The van der Waals surface area contributed by atoms with Crippen LogP contribution >= 0.6 is 0 Å². The van der Waals surface area contributed by atoms with Gasteiger partial charge in [-0.1, -0.05) is 6.08 Å². The van der Waals surface area contributed by atoms with Crippen molar-refractivity contribution in [2.24, 2.45) is 0 Å². The molecular weight excluding hydrogens is 447 g/mol. The van der Waals surface area contributed by atoms with Gasteiger partial charge in [0.15, 0.2) is 9.84 Å². The minimum Gasteiger partial charge on any atom is -0.365 e. The lowest BCUT2D eigenvalue weighted by atomic mass is 10.2. The minimum atomic E-state index is -4.92. The molecule has 1 atom stereocenters. The highest BCUT2D eigenvalue weighted by Gasteiger charge is 2.35. The van der Waals surface area contributed by atoms with Crippen molar-refractivity contribution in [3.63, 3.8) is 0 Å². The Kier molecular flexibility index (Phi) is 7.31. The predicted octanol–water partition coefficient (Wildman–Crippen LogP) is 3.06. The lowest BCUT2D eigenvalue weighted by molar-refractivity contribution is -0.144. The topological polar surface area (TPSA) is 101 Å². The van der Waals surface area contributed by atoms with E-state index in [9.17, 15) is 35.2 Å². The smallest absolute Gasteiger partial charge is 0.365 e. The minimum absolute atomic E-state index is 0.206. The molecule has 0 aliphatic rings. The predicted molar refractivity (Wildman–Crippen MR) is 102 cm³/mol. The quantitative estimate of drug-likeness (QED) is 0.611. The Morgan fingerprint density at radius 3 is 2.55 bits per heavy atom. The van der Waals surface area contributed by atoms with E-state index in [-0.39, 0.29) is 5.56 Å². The molecule has 31 heavy (non-hydrogen) atoms. The lowest BCUT2D eigenvalue weighted by Crippen LogP contribution is -2.32. The zero-order valence-electron chi connectivity index (χ0n) is 16.2. The van der Waals surface area contributed by atoms with Gasteiger partial charge in [0.25, 0.3) is 5.91 Å². The third kappa shape index (κ3) is 7.27. The van der Waals surface area contributed by atoms with Crippen molar-refractivity contribution in [2.45, 2.75) is 25.7 Å². The maximum absolute atomic E-state index is 13.8. The Bertz CT molecular complexity index is 1100. The van der Waals surface area contributed by atoms with Crippen molar-refractivity contribution < 1.29 is 35.2 Å². The molecule has 1 aromatic carbocycles. The summed E-state index contributed by atoms with van der Waals surface area (Å²) in [6, 6.07) is 1.75. The number of amides is 1. The standard InChI is InChI=1S/C18H17F5N4O3S/c1-10(5-6-31(2,29)30)26-16(28)13-9-25-17(18(21,22)23)27-15(13)24-8-11-7-12(19)3-4-14(11)20/h3-7,9-10H,8H2,1-2H3,(H,26,28)(H,24,25,27)/b6-5+/t10-/m0/s1. The first-order valence-corrected chi connectivity index (χ1v) is 10.5. The molecule has 0 spiro atoms. The summed E-state index contributed by atoms with van der Waals surface area (Å²) in [5, 5.41) is 5.60. The van der Waals surface area contributed by atoms with Crippen LogP contribution in [0, 0.1) is 11.6 Å². The summed E-state index contributed by atoms with van der Waals surface area (Å²) in [5.74, 6) is -4.61. The number of alkyl halides is 3. The zero-order valence-corrected chi connectivity index (χ0v) is 17.0. The van der Waals surface area contributed by atoms with Crippen LogP contribution in [0.1, 0.15) is 28.7 Å². The SMILES string of the molecule is C[C@@H](/C=C/S(C)(=O)=O)NC(=O)c1cnc(C(F)(F)F)nc1NCc1cc(F)ccc1F. The highest BCUT2D eigenvalue weighted by molar-refractivity contribution is 7.93. The number of rotatable bonds is 7. The molecule has 0 saturated carbocycles. The molecule has 13 heteroatoms. The van der Waals surface area contributed by atoms with Gasteiger partial charge in [0, 0.05) is 36.0 Å². The van der Waals surface area contributed by atoms with Gasteiger partial charge in [-0.05, 0) is 25.1 Å². The maximum Gasteiger partial charge on any atom is 0.451 e. The number of hydrogen-bond donors (Lipinski definition) is 2. The van der Waals surface area contributed by atoms with Gasteiger partial charge >= 0.3 is 6.18 Å². The highest BCUT2D eigenvalue weighted by Crippen LogP contribution is 2.28. The van der Waals surface area contributed by atoms with Crippen LogP contribution < -0.4 is 10.6 Å². The van der Waals surface area contributed by atoms with Gasteiger partial charge in [0.05, 0.1) is 0 Å². The van der Waals surface area contributed by atoms with Gasteiger partial charge in [-0.25, -0.2) is 27.2 Å². The fourth-order valence-electron chi connectivity index (χ4n) is 2.27. The van der Waals surface area contributed by atoms with E-state index in [1.54, 1.807) is 0 Å². The first kappa shape index (κ1) is 24.2. The van der Waals surface area contributed by atoms with E-state index in [0.29, 0.717) is 6.20 Å². The number of benzene rings is 1. The molecule has 168 valence electrons. The van der Waals surface area contributed by atoms with E-state index < -0.39 is 63.3 Å². The normalized spacial score (nSPS) is 13.3. The van der Waals surface area contributed by atoms with Crippen LogP contribution in [0.3, 0.4) is 0 Å². The average molecular weight is 464 g/mol. The van der Waals surface area contributed by atoms with Crippen LogP contribution in [-0.2, 0) is 22.6 Å². The molecule has 0 fully saturated rings. The Morgan fingerprint density at radius 1 is 1.26 bits per heavy atom. The van der Waals surface area contributed by atoms with Gasteiger partial charge in [0.2, 0.25) is 5.82 Å². The zero-order chi connectivity index (χ0) is 23.4. The van der Waals surface area contributed by atoms with Crippen LogP contribution in [-0.4, -0.2) is 36.6 Å². The van der Waals surface area contributed by atoms with Gasteiger partial charge in [-0.2, -0.15) is 13.2 Å².